The summed E-state index contributed by atoms with van der Waals surface area (Å²) in [6.07, 6.45) is 0. The van der Waals surface area contributed by atoms with E-state index in [1.54, 1.807) is 6.07 Å². The number of methoxy groups -OCH3 is 2. The van der Waals surface area contributed by atoms with Crippen LogP contribution in [0.1, 0.15) is 10.4 Å². The molecule has 6 nitrogen and oxygen atoms in total. The number of halogens is 1. The minimum absolute atomic E-state index is 0.149. The van der Waals surface area contributed by atoms with Gasteiger partial charge in [0.2, 0.25) is 0 Å². The van der Waals surface area contributed by atoms with Gasteiger partial charge in [-0.1, -0.05) is 6.07 Å². The van der Waals surface area contributed by atoms with Gasteiger partial charge in [0, 0.05) is 6.07 Å². The fourth-order valence-corrected chi connectivity index (χ4v) is 1.93. The van der Waals surface area contributed by atoms with Gasteiger partial charge in [0.05, 0.1) is 25.5 Å². The molecular formula is C17H16FNO5. The lowest BCUT2D eigenvalue weighted by Gasteiger charge is -2.12. The maximum absolute atomic E-state index is 13.0. The van der Waals surface area contributed by atoms with Gasteiger partial charge in [-0.05, 0) is 30.3 Å². The molecule has 0 fully saturated rings. The summed E-state index contributed by atoms with van der Waals surface area (Å²) >= 11 is 0. The zero-order valence-electron chi connectivity index (χ0n) is 13.2. The molecule has 2 aromatic rings. The zero-order valence-corrected chi connectivity index (χ0v) is 13.2. The van der Waals surface area contributed by atoms with E-state index in [4.69, 9.17) is 9.47 Å². The van der Waals surface area contributed by atoms with Gasteiger partial charge in [0.15, 0.2) is 6.61 Å². The SMILES string of the molecule is COC(=O)c1cc(OC)ccc1NC(=O)COc1cccc(F)c1. The molecule has 0 saturated heterocycles. The van der Waals surface area contributed by atoms with Crippen molar-refractivity contribution in [3.8, 4) is 11.5 Å². The lowest BCUT2D eigenvalue weighted by molar-refractivity contribution is -0.118. The molecule has 24 heavy (non-hydrogen) atoms. The summed E-state index contributed by atoms with van der Waals surface area (Å²) in [6.45, 7) is -0.337. The topological polar surface area (TPSA) is 73.9 Å². The number of benzene rings is 2. The number of nitrogens with one attached hydrogen (secondary N) is 1. The maximum atomic E-state index is 13.0. The van der Waals surface area contributed by atoms with Crippen molar-refractivity contribution in [3.05, 3.63) is 53.8 Å². The summed E-state index contributed by atoms with van der Waals surface area (Å²) < 4.78 is 28.0. The average Bonchev–Trinajstić information content (AvgIpc) is 2.59. The Morgan fingerprint density at radius 1 is 1.08 bits per heavy atom. The molecule has 0 aliphatic carbocycles. The molecule has 0 atom stereocenters. The third kappa shape index (κ3) is 4.45. The minimum atomic E-state index is -0.616. The Balaban J connectivity index is 2.06. The highest BCUT2D eigenvalue weighted by Gasteiger charge is 2.15. The molecule has 2 aromatic carbocycles. The van der Waals surface area contributed by atoms with Gasteiger partial charge in [0.25, 0.3) is 5.91 Å². The fraction of sp³-hybridized carbons (Fsp3) is 0.176. The Morgan fingerprint density at radius 2 is 1.88 bits per heavy atom. The number of amides is 1. The third-order valence-corrected chi connectivity index (χ3v) is 3.07. The lowest BCUT2D eigenvalue weighted by Crippen LogP contribution is -2.21. The lowest BCUT2D eigenvalue weighted by atomic mass is 10.1. The molecule has 0 saturated carbocycles. The molecule has 126 valence electrons. The molecule has 0 aliphatic heterocycles. The first-order chi connectivity index (χ1) is 11.5. The molecular weight excluding hydrogens is 317 g/mol. The van der Waals surface area contributed by atoms with Gasteiger partial charge in [0.1, 0.15) is 17.3 Å². The number of hydrogen-bond donors (Lipinski definition) is 1. The number of ether oxygens (including phenoxy) is 3. The van der Waals surface area contributed by atoms with Crippen LogP contribution in [-0.4, -0.2) is 32.7 Å². The van der Waals surface area contributed by atoms with Crippen molar-refractivity contribution in [1.82, 2.24) is 0 Å². The summed E-state index contributed by atoms with van der Waals surface area (Å²) in [5.74, 6) is -0.904. The van der Waals surface area contributed by atoms with E-state index in [9.17, 15) is 14.0 Å². The van der Waals surface area contributed by atoms with E-state index in [1.807, 2.05) is 0 Å². The normalized spacial score (nSPS) is 9.96. The van der Waals surface area contributed by atoms with E-state index in [0.717, 1.165) is 0 Å². The number of rotatable bonds is 6. The van der Waals surface area contributed by atoms with E-state index >= 15 is 0 Å². The van der Waals surface area contributed by atoms with Crippen molar-refractivity contribution in [2.45, 2.75) is 0 Å². The molecule has 0 unspecified atom stereocenters. The highest BCUT2D eigenvalue weighted by atomic mass is 19.1. The predicted octanol–water partition coefficient (Wildman–Crippen LogP) is 2.64. The Labute approximate surface area is 138 Å². The number of anilines is 1. The third-order valence-electron chi connectivity index (χ3n) is 3.07. The molecule has 0 spiro atoms. The van der Waals surface area contributed by atoms with Crippen LogP contribution in [0.2, 0.25) is 0 Å². The van der Waals surface area contributed by atoms with Crippen LogP contribution in [0.3, 0.4) is 0 Å². The largest absolute Gasteiger partial charge is 0.497 e. The van der Waals surface area contributed by atoms with E-state index in [1.165, 1.54) is 50.6 Å². The predicted molar refractivity (Wildman–Crippen MR) is 84.9 cm³/mol. The minimum Gasteiger partial charge on any atom is -0.497 e. The molecule has 0 heterocycles. The Hall–Kier alpha value is -3.09. The molecule has 7 heteroatoms. The monoisotopic (exact) mass is 333 g/mol. The number of carbonyl (C=O) groups is 2. The fourth-order valence-electron chi connectivity index (χ4n) is 1.93. The molecule has 1 N–H and O–H groups in total. The second kappa shape index (κ2) is 7.96. The summed E-state index contributed by atoms with van der Waals surface area (Å²) in [6, 6.07) is 10.0. The number of esters is 1. The average molecular weight is 333 g/mol. The smallest absolute Gasteiger partial charge is 0.340 e. The van der Waals surface area contributed by atoms with Crippen molar-refractivity contribution >= 4 is 17.6 Å². The van der Waals surface area contributed by atoms with Gasteiger partial charge >= 0.3 is 5.97 Å². The van der Waals surface area contributed by atoms with E-state index in [-0.39, 0.29) is 23.6 Å². The van der Waals surface area contributed by atoms with Gasteiger partial charge in [-0.25, -0.2) is 9.18 Å². The molecule has 0 aliphatic rings. The van der Waals surface area contributed by atoms with Crippen molar-refractivity contribution < 1.29 is 28.2 Å². The second-order valence-electron chi connectivity index (χ2n) is 4.70. The van der Waals surface area contributed by atoms with Crippen molar-refractivity contribution in [3.63, 3.8) is 0 Å². The van der Waals surface area contributed by atoms with E-state index in [0.29, 0.717) is 5.75 Å². The van der Waals surface area contributed by atoms with Crippen molar-refractivity contribution in [2.24, 2.45) is 0 Å². The Bertz CT molecular complexity index is 748. The molecule has 0 bridgehead atoms. The molecule has 1 amide bonds. The van der Waals surface area contributed by atoms with Crippen LogP contribution in [-0.2, 0) is 9.53 Å². The first-order valence-corrected chi connectivity index (χ1v) is 6.98. The zero-order chi connectivity index (χ0) is 17.5. The standard InChI is InChI=1S/C17H16FNO5/c1-22-12-6-7-15(14(9-12)17(21)23-2)19-16(20)10-24-13-5-3-4-11(18)8-13/h3-9H,10H2,1-2H3,(H,19,20). The maximum Gasteiger partial charge on any atom is 0.340 e. The van der Waals surface area contributed by atoms with Crippen LogP contribution >= 0.6 is 0 Å². The number of carbonyl (C=O) groups excluding carboxylic acids is 2. The van der Waals surface area contributed by atoms with Crippen LogP contribution < -0.4 is 14.8 Å². The number of hydrogen-bond acceptors (Lipinski definition) is 5. The van der Waals surface area contributed by atoms with Gasteiger partial charge < -0.3 is 19.5 Å². The van der Waals surface area contributed by atoms with Crippen LogP contribution in [0.5, 0.6) is 11.5 Å². The molecule has 0 aromatic heterocycles. The van der Waals surface area contributed by atoms with Gasteiger partial charge in [-0.3, -0.25) is 4.79 Å². The highest BCUT2D eigenvalue weighted by molar-refractivity contribution is 6.02. The van der Waals surface area contributed by atoms with Crippen molar-refractivity contribution in [1.29, 1.82) is 0 Å². The second-order valence-corrected chi connectivity index (χ2v) is 4.70. The summed E-state index contributed by atoms with van der Waals surface area (Å²) in [5, 5.41) is 2.55. The Kier molecular flexibility index (Phi) is 5.73. The van der Waals surface area contributed by atoms with E-state index in [2.05, 4.69) is 10.1 Å². The van der Waals surface area contributed by atoms with Crippen LogP contribution in [0, 0.1) is 5.82 Å². The van der Waals surface area contributed by atoms with E-state index < -0.39 is 17.7 Å². The van der Waals surface area contributed by atoms with Crippen LogP contribution in [0.15, 0.2) is 42.5 Å². The first-order valence-electron chi connectivity index (χ1n) is 6.98. The Morgan fingerprint density at radius 3 is 2.54 bits per heavy atom. The van der Waals surface area contributed by atoms with Crippen LogP contribution in [0.25, 0.3) is 0 Å². The summed E-state index contributed by atoms with van der Waals surface area (Å²) in [4.78, 5) is 23.8. The summed E-state index contributed by atoms with van der Waals surface area (Å²) in [7, 11) is 2.70. The highest BCUT2D eigenvalue weighted by Crippen LogP contribution is 2.23. The molecule has 2 rings (SSSR count). The van der Waals surface area contributed by atoms with Gasteiger partial charge in [-0.15, -0.1) is 0 Å². The first kappa shape index (κ1) is 17.3. The quantitative estimate of drug-likeness (QED) is 0.823. The van der Waals surface area contributed by atoms with Gasteiger partial charge in [-0.2, -0.15) is 0 Å². The van der Waals surface area contributed by atoms with Crippen LogP contribution in [0.4, 0.5) is 10.1 Å². The summed E-state index contributed by atoms with van der Waals surface area (Å²) in [5.41, 5.74) is 0.409. The van der Waals surface area contributed by atoms with Crippen molar-refractivity contribution in [2.75, 3.05) is 26.1 Å². The molecule has 0 radical (unpaired) electrons.